The van der Waals surface area contributed by atoms with Gasteiger partial charge >= 0.3 is 6.09 Å². The van der Waals surface area contributed by atoms with E-state index in [4.69, 9.17) is 10.5 Å². The van der Waals surface area contributed by atoms with Crippen molar-refractivity contribution in [2.75, 3.05) is 11.9 Å². The first-order chi connectivity index (χ1) is 8.73. The quantitative estimate of drug-likeness (QED) is 0.737. The lowest BCUT2D eigenvalue weighted by Gasteiger charge is -2.20. The number of aromatic hydroxyl groups is 1. The SMILES string of the molecule is CC(C)(C)OC(=O)Nc1ccc(C(F)CN)cc1O. The zero-order valence-electron chi connectivity index (χ0n) is 11.2. The van der Waals surface area contributed by atoms with E-state index in [9.17, 15) is 14.3 Å². The Hall–Kier alpha value is -1.82. The molecule has 1 atom stereocenters. The fourth-order valence-corrected chi connectivity index (χ4v) is 1.40. The van der Waals surface area contributed by atoms with Gasteiger partial charge in [0.1, 0.15) is 17.5 Å². The summed E-state index contributed by atoms with van der Waals surface area (Å²) in [6, 6.07) is 4.07. The van der Waals surface area contributed by atoms with E-state index in [0.717, 1.165) is 0 Å². The Morgan fingerprint density at radius 3 is 2.63 bits per heavy atom. The van der Waals surface area contributed by atoms with Crippen LogP contribution in [0.3, 0.4) is 0 Å². The van der Waals surface area contributed by atoms with Crippen LogP contribution in [-0.2, 0) is 4.74 Å². The molecule has 1 amide bonds. The molecular formula is C13H19FN2O3. The van der Waals surface area contributed by atoms with E-state index in [1.165, 1.54) is 18.2 Å². The highest BCUT2D eigenvalue weighted by molar-refractivity contribution is 5.86. The number of nitrogens with two attached hydrogens (primary N) is 1. The average molecular weight is 270 g/mol. The summed E-state index contributed by atoms with van der Waals surface area (Å²) in [5.74, 6) is -0.237. The summed E-state index contributed by atoms with van der Waals surface area (Å²) in [6.45, 7) is 5.01. The minimum atomic E-state index is -1.35. The third kappa shape index (κ3) is 4.75. The van der Waals surface area contributed by atoms with Crippen molar-refractivity contribution in [2.24, 2.45) is 5.73 Å². The third-order valence-corrected chi connectivity index (χ3v) is 2.23. The Balaban J connectivity index is 2.78. The molecule has 1 aromatic carbocycles. The molecule has 4 N–H and O–H groups in total. The van der Waals surface area contributed by atoms with Crippen molar-refractivity contribution >= 4 is 11.8 Å². The largest absolute Gasteiger partial charge is 0.506 e. The van der Waals surface area contributed by atoms with Gasteiger partial charge in [0.2, 0.25) is 0 Å². The smallest absolute Gasteiger partial charge is 0.412 e. The fourth-order valence-electron chi connectivity index (χ4n) is 1.40. The van der Waals surface area contributed by atoms with Gasteiger partial charge in [-0.05, 0) is 38.5 Å². The van der Waals surface area contributed by atoms with Gasteiger partial charge in [-0.15, -0.1) is 0 Å². The van der Waals surface area contributed by atoms with Crippen molar-refractivity contribution in [3.05, 3.63) is 23.8 Å². The molecule has 1 rings (SSSR count). The van der Waals surface area contributed by atoms with Crippen molar-refractivity contribution in [3.8, 4) is 5.75 Å². The van der Waals surface area contributed by atoms with Crippen molar-refractivity contribution in [1.82, 2.24) is 0 Å². The highest BCUT2D eigenvalue weighted by Gasteiger charge is 2.18. The molecule has 1 aromatic rings. The zero-order chi connectivity index (χ0) is 14.6. The van der Waals surface area contributed by atoms with Gasteiger partial charge in [0.25, 0.3) is 0 Å². The first kappa shape index (κ1) is 15.2. The van der Waals surface area contributed by atoms with Gasteiger partial charge in [0, 0.05) is 6.54 Å². The van der Waals surface area contributed by atoms with Crippen LogP contribution in [0.2, 0.25) is 0 Å². The molecule has 106 valence electrons. The molecule has 0 saturated heterocycles. The molecule has 0 heterocycles. The van der Waals surface area contributed by atoms with Gasteiger partial charge in [0.05, 0.1) is 5.69 Å². The molecule has 0 aromatic heterocycles. The van der Waals surface area contributed by atoms with Gasteiger partial charge in [-0.2, -0.15) is 0 Å². The second kappa shape index (κ2) is 5.88. The summed E-state index contributed by atoms with van der Waals surface area (Å²) >= 11 is 0. The Morgan fingerprint density at radius 1 is 1.53 bits per heavy atom. The molecule has 0 bridgehead atoms. The number of phenols is 1. The van der Waals surface area contributed by atoms with Crippen molar-refractivity contribution < 1.29 is 19.0 Å². The number of amides is 1. The minimum absolute atomic E-state index is 0.155. The molecule has 0 aliphatic rings. The van der Waals surface area contributed by atoms with Crippen LogP contribution in [0.1, 0.15) is 32.5 Å². The molecule has 0 aliphatic heterocycles. The zero-order valence-corrected chi connectivity index (χ0v) is 11.2. The Labute approximate surface area is 111 Å². The molecule has 0 spiro atoms. The number of hydrogen-bond donors (Lipinski definition) is 3. The van der Waals surface area contributed by atoms with E-state index in [0.29, 0.717) is 0 Å². The Morgan fingerprint density at radius 2 is 2.16 bits per heavy atom. The molecule has 0 radical (unpaired) electrons. The van der Waals surface area contributed by atoms with Crippen LogP contribution in [0.15, 0.2) is 18.2 Å². The number of benzene rings is 1. The lowest BCUT2D eigenvalue weighted by molar-refractivity contribution is 0.0635. The molecule has 6 heteroatoms. The standard InChI is InChI=1S/C13H19FN2O3/c1-13(2,3)19-12(18)16-10-5-4-8(6-11(10)17)9(14)7-15/h4-6,9,17H,7,15H2,1-3H3,(H,16,18). The number of alkyl halides is 1. The van der Waals surface area contributed by atoms with Gasteiger partial charge in [0.15, 0.2) is 0 Å². The number of hydrogen-bond acceptors (Lipinski definition) is 4. The van der Waals surface area contributed by atoms with Crippen LogP contribution in [0.5, 0.6) is 5.75 Å². The molecule has 5 nitrogen and oxygen atoms in total. The minimum Gasteiger partial charge on any atom is -0.506 e. The number of rotatable bonds is 3. The monoisotopic (exact) mass is 270 g/mol. The maximum Gasteiger partial charge on any atom is 0.412 e. The molecule has 0 saturated carbocycles. The summed E-state index contributed by atoms with van der Waals surface area (Å²) in [5.41, 5.74) is 4.97. The van der Waals surface area contributed by atoms with Crippen molar-refractivity contribution in [1.29, 1.82) is 0 Å². The number of anilines is 1. The normalized spacial score (nSPS) is 12.9. The van der Waals surface area contributed by atoms with Crippen molar-refractivity contribution in [2.45, 2.75) is 32.5 Å². The number of carbonyl (C=O) groups excluding carboxylic acids is 1. The van der Waals surface area contributed by atoms with Crippen LogP contribution in [0.25, 0.3) is 0 Å². The number of ether oxygens (including phenoxy) is 1. The van der Waals surface area contributed by atoms with Crippen molar-refractivity contribution in [3.63, 3.8) is 0 Å². The average Bonchev–Trinajstić information content (AvgIpc) is 2.28. The van der Waals surface area contributed by atoms with E-state index in [1.807, 2.05) is 0 Å². The number of nitrogens with one attached hydrogen (secondary N) is 1. The number of phenolic OH excluding ortho intramolecular Hbond substituents is 1. The van der Waals surface area contributed by atoms with Gasteiger partial charge in [-0.25, -0.2) is 9.18 Å². The molecule has 19 heavy (non-hydrogen) atoms. The fraction of sp³-hybridized carbons (Fsp3) is 0.462. The summed E-state index contributed by atoms with van der Waals surface area (Å²) < 4.78 is 18.4. The van der Waals surface area contributed by atoms with Crippen LogP contribution < -0.4 is 11.1 Å². The van der Waals surface area contributed by atoms with E-state index in [2.05, 4.69) is 5.32 Å². The molecular weight excluding hydrogens is 251 g/mol. The van der Waals surface area contributed by atoms with Crippen LogP contribution >= 0.6 is 0 Å². The molecule has 1 unspecified atom stereocenters. The molecule has 0 fully saturated rings. The molecule has 0 aliphatic carbocycles. The van der Waals surface area contributed by atoms with E-state index in [1.54, 1.807) is 20.8 Å². The van der Waals surface area contributed by atoms with Crippen LogP contribution in [-0.4, -0.2) is 23.3 Å². The number of carbonyl (C=O) groups is 1. The Kier molecular flexibility index (Phi) is 4.72. The highest BCUT2D eigenvalue weighted by atomic mass is 19.1. The van der Waals surface area contributed by atoms with Gasteiger partial charge in [-0.3, -0.25) is 5.32 Å². The van der Waals surface area contributed by atoms with Gasteiger partial charge < -0.3 is 15.6 Å². The van der Waals surface area contributed by atoms with Crippen LogP contribution in [0, 0.1) is 0 Å². The Bertz CT molecular complexity index is 458. The summed E-state index contributed by atoms with van der Waals surface area (Å²) in [6.07, 6.45) is -2.03. The predicted octanol–water partition coefficient (Wildman–Crippen LogP) is 2.71. The summed E-state index contributed by atoms with van der Waals surface area (Å²) in [7, 11) is 0. The second-order valence-electron chi connectivity index (χ2n) is 5.11. The maximum atomic E-state index is 13.3. The lowest BCUT2D eigenvalue weighted by atomic mass is 10.1. The first-order valence-corrected chi connectivity index (χ1v) is 5.90. The lowest BCUT2D eigenvalue weighted by Crippen LogP contribution is -2.27. The maximum absolute atomic E-state index is 13.3. The summed E-state index contributed by atoms with van der Waals surface area (Å²) in [5, 5.41) is 12.1. The van der Waals surface area contributed by atoms with E-state index in [-0.39, 0.29) is 23.5 Å². The van der Waals surface area contributed by atoms with E-state index < -0.39 is 17.9 Å². The highest BCUT2D eigenvalue weighted by Crippen LogP contribution is 2.28. The third-order valence-electron chi connectivity index (χ3n) is 2.23. The van der Waals surface area contributed by atoms with E-state index >= 15 is 0 Å². The topological polar surface area (TPSA) is 84.6 Å². The summed E-state index contributed by atoms with van der Waals surface area (Å²) in [4.78, 5) is 11.5. The number of halogens is 1. The van der Waals surface area contributed by atoms with Crippen LogP contribution in [0.4, 0.5) is 14.9 Å². The predicted molar refractivity (Wildman–Crippen MR) is 70.9 cm³/mol. The first-order valence-electron chi connectivity index (χ1n) is 5.90. The second-order valence-corrected chi connectivity index (χ2v) is 5.11. The van der Waals surface area contributed by atoms with Gasteiger partial charge in [-0.1, -0.05) is 6.07 Å².